The number of ether oxygens (including phenoxy) is 1. The second-order valence-corrected chi connectivity index (χ2v) is 4.98. The van der Waals surface area contributed by atoms with Gasteiger partial charge in [-0.05, 0) is 28.8 Å². The average molecular weight is 352 g/mol. The van der Waals surface area contributed by atoms with E-state index in [0.29, 0.717) is 11.1 Å². The van der Waals surface area contributed by atoms with Crippen molar-refractivity contribution in [1.82, 2.24) is 0 Å². The second kappa shape index (κ2) is 6.70. The van der Waals surface area contributed by atoms with E-state index in [1.54, 1.807) is 0 Å². The van der Waals surface area contributed by atoms with Gasteiger partial charge in [-0.15, -0.1) is 13.2 Å². The summed E-state index contributed by atoms with van der Waals surface area (Å²) in [5.74, 6) is -0.392. The van der Waals surface area contributed by atoms with Crippen LogP contribution in [-0.4, -0.2) is 12.5 Å². The Hall–Kier alpha value is -2.25. The van der Waals surface area contributed by atoms with Crippen molar-refractivity contribution in [3.63, 3.8) is 0 Å². The molecule has 1 unspecified atom stereocenters. The number of alkyl halides is 7. The van der Waals surface area contributed by atoms with Crippen LogP contribution in [0.1, 0.15) is 18.2 Å². The standard InChI is InChI=1S/C16H11F7O/c17-14(9-15(18,19)20)12-3-1-10(2-4-12)11-5-7-13(8-6-11)24-16(21,22)23/h1-8,14H,9H2. The van der Waals surface area contributed by atoms with E-state index in [4.69, 9.17) is 0 Å². The molecule has 0 bridgehead atoms. The fourth-order valence-corrected chi connectivity index (χ4v) is 2.05. The van der Waals surface area contributed by atoms with Gasteiger partial charge in [0.1, 0.15) is 11.9 Å². The van der Waals surface area contributed by atoms with Gasteiger partial charge in [-0.25, -0.2) is 4.39 Å². The Balaban J connectivity index is 2.10. The first kappa shape index (κ1) is 18.1. The van der Waals surface area contributed by atoms with Gasteiger partial charge in [0, 0.05) is 0 Å². The van der Waals surface area contributed by atoms with Crippen molar-refractivity contribution >= 4 is 0 Å². The Bertz CT molecular complexity index is 657. The van der Waals surface area contributed by atoms with Crippen LogP contribution in [-0.2, 0) is 0 Å². The van der Waals surface area contributed by atoms with Gasteiger partial charge in [-0.3, -0.25) is 0 Å². The summed E-state index contributed by atoms with van der Waals surface area (Å²) in [6.07, 6.45) is -13.1. The maximum atomic E-state index is 13.5. The van der Waals surface area contributed by atoms with E-state index in [-0.39, 0.29) is 5.56 Å². The highest BCUT2D eigenvalue weighted by Gasteiger charge is 2.33. The molecule has 2 aromatic carbocycles. The number of benzene rings is 2. The molecule has 0 spiro atoms. The molecule has 2 rings (SSSR count). The van der Waals surface area contributed by atoms with Crippen LogP contribution in [0.15, 0.2) is 48.5 Å². The zero-order valence-corrected chi connectivity index (χ0v) is 12.0. The van der Waals surface area contributed by atoms with Crippen LogP contribution in [0.2, 0.25) is 0 Å². The molecule has 0 aromatic heterocycles. The smallest absolute Gasteiger partial charge is 0.406 e. The van der Waals surface area contributed by atoms with Crippen molar-refractivity contribution in [2.24, 2.45) is 0 Å². The zero-order chi connectivity index (χ0) is 18.0. The molecule has 130 valence electrons. The molecule has 1 nitrogen and oxygen atoms in total. The van der Waals surface area contributed by atoms with Gasteiger partial charge in [-0.1, -0.05) is 36.4 Å². The van der Waals surface area contributed by atoms with E-state index >= 15 is 0 Å². The summed E-state index contributed by atoms with van der Waals surface area (Å²) in [5, 5.41) is 0. The van der Waals surface area contributed by atoms with Crippen molar-refractivity contribution in [3.05, 3.63) is 54.1 Å². The lowest BCUT2D eigenvalue weighted by Crippen LogP contribution is -2.16. The third-order valence-corrected chi connectivity index (χ3v) is 3.10. The normalized spacial score (nSPS) is 13.6. The van der Waals surface area contributed by atoms with Crippen molar-refractivity contribution in [2.75, 3.05) is 0 Å². The van der Waals surface area contributed by atoms with Crippen LogP contribution >= 0.6 is 0 Å². The molecule has 0 aliphatic rings. The predicted molar refractivity (Wildman–Crippen MR) is 73.1 cm³/mol. The SMILES string of the molecule is FC(CC(F)(F)F)c1ccc(-c2ccc(OC(F)(F)F)cc2)cc1. The lowest BCUT2D eigenvalue weighted by molar-refractivity contribution is -0.274. The van der Waals surface area contributed by atoms with Crippen LogP contribution in [0.3, 0.4) is 0 Å². The molecule has 0 amide bonds. The van der Waals surface area contributed by atoms with Gasteiger partial charge in [0.2, 0.25) is 0 Å². The fraction of sp³-hybridized carbons (Fsp3) is 0.250. The number of halogens is 7. The van der Waals surface area contributed by atoms with E-state index in [2.05, 4.69) is 4.74 Å². The predicted octanol–water partition coefficient (Wildman–Crippen LogP) is 6.22. The molecule has 0 saturated carbocycles. The van der Waals surface area contributed by atoms with Crippen LogP contribution < -0.4 is 4.74 Å². The molecule has 0 aliphatic heterocycles. The zero-order valence-electron chi connectivity index (χ0n) is 12.0. The maximum absolute atomic E-state index is 13.5. The van der Waals surface area contributed by atoms with E-state index in [9.17, 15) is 30.7 Å². The second-order valence-electron chi connectivity index (χ2n) is 4.98. The molecular formula is C16H11F7O. The lowest BCUT2D eigenvalue weighted by Gasteiger charge is -2.12. The molecule has 0 heterocycles. The van der Waals surface area contributed by atoms with Crippen molar-refractivity contribution in [1.29, 1.82) is 0 Å². The first-order valence-corrected chi connectivity index (χ1v) is 6.70. The monoisotopic (exact) mass is 352 g/mol. The van der Waals surface area contributed by atoms with Crippen molar-refractivity contribution in [2.45, 2.75) is 25.1 Å². The van der Waals surface area contributed by atoms with Crippen LogP contribution in [0.4, 0.5) is 30.7 Å². The van der Waals surface area contributed by atoms with Gasteiger partial charge in [0.15, 0.2) is 0 Å². The molecule has 0 fully saturated rings. The molecule has 8 heteroatoms. The molecular weight excluding hydrogens is 341 g/mol. The highest BCUT2D eigenvalue weighted by atomic mass is 19.4. The third-order valence-electron chi connectivity index (χ3n) is 3.10. The van der Waals surface area contributed by atoms with Crippen LogP contribution in [0, 0.1) is 0 Å². The van der Waals surface area contributed by atoms with E-state index in [1.165, 1.54) is 36.4 Å². The van der Waals surface area contributed by atoms with E-state index in [0.717, 1.165) is 12.1 Å². The Morgan fingerprint density at radius 3 is 1.62 bits per heavy atom. The van der Waals surface area contributed by atoms with E-state index in [1.807, 2.05) is 0 Å². The summed E-state index contributed by atoms with van der Waals surface area (Å²) in [6.45, 7) is 0. The summed E-state index contributed by atoms with van der Waals surface area (Å²) in [4.78, 5) is 0. The minimum atomic E-state index is -4.79. The lowest BCUT2D eigenvalue weighted by atomic mass is 10.0. The van der Waals surface area contributed by atoms with Gasteiger partial charge < -0.3 is 4.74 Å². The first-order chi connectivity index (χ1) is 11.0. The minimum Gasteiger partial charge on any atom is -0.406 e. The average Bonchev–Trinajstić information content (AvgIpc) is 2.45. The number of hydrogen-bond donors (Lipinski definition) is 0. The minimum absolute atomic E-state index is 0.118. The Kier molecular flexibility index (Phi) is 5.05. The Labute approximate surface area is 132 Å². The molecule has 2 aromatic rings. The maximum Gasteiger partial charge on any atom is 0.573 e. The van der Waals surface area contributed by atoms with Gasteiger partial charge in [0.25, 0.3) is 0 Å². The van der Waals surface area contributed by atoms with Gasteiger partial charge in [0.05, 0.1) is 6.42 Å². The molecule has 0 saturated heterocycles. The first-order valence-electron chi connectivity index (χ1n) is 6.70. The summed E-state index contributed by atoms with van der Waals surface area (Å²) < 4.78 is 89.9. The van der Waals surface area contributed by atoms with Crippen LogP contribution in [0.25, 0.3) is 11.1 Å². The number of rotatable bonds is 4. The molecule has 24 heavy (non-hydrogen) atoms. The highest BCUT2D eigenvalue weighted by Crippen LogP contribution is 2.33. The molecule has 0 N–H and O–H groups in total. The third kappa shape index (κ3) is 5.43. The molecule has 1 atom stereocenters. The Morgan fingerprint density at radius 2 is 1.21 bits per heavy atom. The van der Waals surface area contributed by atoms with Crippen molar-refractivity contribution in [3.8, 4) is 16.9 Å². The van der Waals surface area contributed by atoms with Gasteiger partial charge in [-0.2, -0.15) is 13.2 Å². The van der Waals surface area contributed by atoms with Gasteiger partial charge >= 0.3 is 12.5 Å². The molecule has 0 radical (unpaired) electrons. The molecule has 0 aliphatic carbocycles. The highest BCUT2D eigenvalue weighted by molar-refractivity contribution is 5.64. The van der Waals surface area contributed by atoms with Crippen LogP contribution in [0.5, 0.6) is 5.75 Å². The summed E-state index contributed by atoms with van der Waals surface area (Å²) in [6, 6.07) is 10.2. The largest absolute Gasteiger partial charge is 0.573 e. The number of hydrogen-bond acceptors (Lipinski definition) is 1. The van der Waals surface area contributed by atoms with E-state index < -0.39 is 30.9 Å². The Morgan fingerprint density at radius 1 is 0.750 bits per heavy atom. The van der Waals surface area contributed by atoms with Crippen molar-refractivity contribution < 1.29 is 35.5 Å². The summed E-state index contributed by atoms with van der Waals surface area (Å²) in [5.41, 5.74) is 0.923. The summed E-state index contributed by atoms with van der Waals surface area (Å²) in [7, 11) is 0. The topological polar surface area (TPSA) is 9.23 Å². The fourth-order valence-electron chi connectivity index (χ4n) is 2.05. The quantitative estimate of drug-likeness (QED) is 0.594. The summed E-state index contributed by atoms with van der Waals surface area (Å²) >= 11 is 0.